The Kier molecular flexibility index (Phi) is 18.1. The highest BCUT2D eigenvalue weighted by atomic mass is 14.5. The Balaban J connectivity index is 0.881. The van der Waals surface area contributed by atoms with E-state index in [4.69, 9.17) is 11.5 Å². The van der Waals surface area contributed by atoms with E-state index in [0.717, 1.165) is 24.2 Å². The van der Waals surface area contributed by atoms with Crippen molar-refractivity contribution in [2.75, 3.05) is 11.5 Å². The van der Waals surface area contributed by atoms with Gasteiger partial charge in [0.15, 0.2) is 0 Å². The fraction of sp³-hybridized carbons (Fsp3) is 0.500. The summed E-state index contributed by atoms with van der Waals surface area (Å²) in [6, 6.07) is 30.7. The molecule has 50 heavy (non-hydrogen) atoms. The first kappa shape index (κ1) is 39.3. The van der Waals surface area contributed by atoms with Crippen LogP contribution in [0, 0.1) is 13.8 Å². The van der Waals surface area contributed by atoms with Gasteiger partial charge in [-0.25, -0.2) is 0 Å². The van der Waals surface area contributed by atoms with Gasteiger partial charge in [0.05, 0.1) is 0 Å². The number of nitrogens with two attached hydrogens (primary N) is 2. The van der Waals surface area contributed by atoms with E-state index in [1.165, 1.54) is 173 Å². The first-order chi connectivity index (χ1) is 24.5. The lowest BCUT2D eigenvalue weighted by Crippen LogP contribution is -1.95. The van der Waals surface area contributed by atoms with Crippen LogP contribution in [0.4, 0.5) is 11.4 Å². The summed E-state index contributed by atoms with van der Waals surface area (Å²) in [5, 5.41) is 0. The molecular weight excluding hydrogens is 605 g/mol. The van der Waals surface area contributed by atoms with Gasteiger partial charge in [0.1, 0.15) is 0 Å². The first-order valence-electron chi connectivity index (χ1n) is 20.3. The first-order valence-corrected chi connectivity index (χ1v) is 20.3. The molecule has 0 fully saturated rings. The van der Waals surface area contributed by atoms with E-state index in [1.807, 2.05) is 24.3 Å². The van der Waals surface area contributed by atoms with Crippen molar-refractivity contribution in [1.82, 2.24) is 0 Å². The molecule has 4 rings (SSSR count). The van der Waals surface area contributed by atoms with Crippen LogP contribution in [0.5, 0.6) is 0 Å². The van der Waals surface area contributed by atoms with Crippen LogP contribution in [0.1, 0.15) is 160 Å². The molecule has 2 heteroatoms. The largest absolute Gasteiger partial charge is 0.399 e. The second kappa shape index (κ2) is 23.0. The molecule has 0 saturated carbocycles. The van der Waals surface area contributed by atoms with Crippen LogP contribution in [0.15, 0.2) is 84.9 Å². The number of hydrogen-bond acceptors (Lipinski definition) is 2. The maximum Gasteiger partial charge on any atom is 0.0314 e. The molecule has 0 aliphatic heterocycles. The highest BCUT2D eigenvalue weighted by molar-refractivity contribution is 5.43. The van der Waals surface area contributed by atoms with E-state index >= 15 is 0 Å². The van der Waals surface area contributed by atoms with Crippen molar-refractivity contribution < 1.29 is 0 Å². The minimum atomic E-state index is 0.835. The van der Waals surface area contributed by atoms with Crippen molar-refractivity contribution in [2.45, 2.75) is 155 Å². The minimum Gasteiger partial charge on any atom is -0.399 e. The Morgan fingerprint density at radius 3 is 0.860 bits per heavy atom. The summed E-state index contributed by atoms with van der Waals surface area (Å²) in [7, 11) is 0. The summed E-state index contributed by atoms with van der Waals surface area (Å²) in [6.07, 6.45) is 29.8. The molecule has 0 heterocycles. The number of anilines is 2. The molecule has 0 spiro atoms. The summed E-state index contributed by atoms with van der Waals surface area (Å²) in [6.45, 7) is 4.52. The second-order valence-corrected chi connectivity index (χ2v) is 15.2. The van der Waals surface area contributed by atoms with E-state index < -0.39 is 0 Å². The molecule has 0 aliphatic carbocycles. The normalized spacial score (nSPS) is 11.3. The van der Waals surface area contributed by atoms with Gasteiger partial charge in [0.25, 0.3) is 0 Å². The molecule has 4 aromatic rings. The quantitative estimate of drug-likeness (QED) is 0.0544. The highest BCUT2D eigenvalue weighted by Crippen LogP contribution is 2.21. The summed E-state index contributed by atoms with van der Waals surface area (Å²) in [4.78, 5) is 0. The molecule has 0 aliphatic rings. The van der Waals surface area contributed by atoms with E-state index in [9.17, 15) is 0 Å². The molecule has 4 aromatic carbocycles. The van der Waals surface area contributed by atoms with Crippen LogP contribution in [0.2, 0.25) is 0 Å². The fourth-order valence-corrected chi connectivity index (χ4v) is 7.42. The summed E-state index contributed by atoms with van der Waals surface area (Å²) in [5.41, 5.74) is 24.7. The van der Waals surface area contributed by atoms with Gasteiger partial charge >= 0.3 is 0 Å². The predicted molar refractivity (Wildman–Crippen MR) is 220 cm³/mol. The number of unbranched alkanes of at least 4 members (excludes halogenated alkanes) is 17. The molecule has 0 atom stereocenters. The average molecular weight is 673 g/mol. The Morgan fingerprint density at radius 1 is 0.320 bits per heavy atom. The highest BCUT2D eigenvalue weighted by Gasteiger charge is 2.05. The van der Waals surface area contributed by atoms with Crippen molar-refractivity contribution in [2.24, 2.45) is 0 Å². The molecule has 0 aromatic heterocycles. The SMILES string of the molecule is Cc1cc(CCCCCCCCCCCCCCCCCCCCc2ccc(Cc3ccc(N)cc3)c(C)c2)ccc1Cc1ccc(N)cc1. The lowest BCUT2D eigenvalue weighted by molar-refractivity contribution is 0.524. The fourth-order valence-electron chi connectivity index (χ4n) is 7.42. The summed E-state index contributed by atoms with van der Waals surface area (Å²) < 4.78 is 0. The third kappa shape index (κ3) is 15.6. The zero-order chi connectivity index (χ0) is 35.2. The predicted octanol–water partition coefficient (Wildman–Crippen LogP) is 13.5. The molecule has 0 bridgehead atoms. The van der Waals surface area contributed by atoms with Gasteiger partial charge < -0.3 is 11.5 Å². The van der Waals surface area contributed by atoms with Crippen LogP contribution < -0.4 is 11.5 Å². The summed E-state index contributed by atoms with van der Waals surface area (Å²) >= 11 is 0. The third-order valence-electron chi connectivity index (χ3n) is 10.7. The van der Waals surface area contributed by atoms with Crippen LogP contribution >= 0.6 is 0 Å². The maximum absolute atomic E-state index is 5.83. The van der Waals surface area contributed by atoms with Gasteiger partial charge in [-0.05, 0) is 121 Å². The number of hydrogen-bond donors (Lipinski definition) is 2. The van der Waals surface area contributed by atoms with Crippen LogP contribution in [0.3, 0.4) is 0 Å². The number of rotatable bonds is 25. The van der Waals surface area contributed by atoms with Crippen LogP contribution in [0.25, 0.3) is 0 Å². The van der Waals surface area contributed by atoms with E-state index in [-0.39, 0.29) is 0 Å². The number of benzene rings is 4. The Morgan fingerprint density at radius 2 is 0.580 bits per heavy atom. The van der Waals surface area contributed by atoms with E-state index in [0.29, 0.717) is 0 Å². The molecular formula is C48H68N2. The molecule has 0 amide bonds. The van der Waals surface area contributed by atoms with Crippen molar-refractivity contribution in [3.05, 3.63) is 129 Å². The molecule has 270 valence electrons. The number of aryl methyl sites for hydroxylation is 4. The van der Waals surface area contributed by atoms with Gasteiger partial charge in [-0.1, -0.05) is 163 Å². The summed E-state index contributed by atoms with van der Waals surface area (Å²) in [5.74, 6) is 0. The monoisotopic (exact) mass is 673 g/mol. The molecule has 0 unspecified atom stereocenters. The minimum absolute atomic E-state index is 0.835. The Hall–Kier alpha value is -3.52. The van der Waals surface area contributed by atoms with Gasteiger partial charge in [-0.2, -0.15) is 0 Å². The smallest absolute Gasteiger partial charge is 0.0314 e. The van der Waals surface area contributed by atoms with E-state index in [1.54, 1.807) is 0 Å². The van der Waals surface area contributed by atoms with Gasteiger partial charge in [-0.3, -0.25) is 0 Å². The number of nitrogen functional groups attached to an aromatic ring is 2. The van der Waals surface area contributed by atoms with Gasteiger partial charge in [0, 0.05) is 11.4 Å². The van der Waals surface area contributed by atoms with Crippen molar-refractivity contribution in [1.29, 1.82) is 0 Å². The van der Waals surface area contributed by atoms with Crippen LogP contribution in [-0.4, -0.2) is 0 Å². The average Bonchev–Trinajstić information content (AvgIpc) is 3.11. The van der Waals surface area contributed by atoms with E-state index in [2.05, 4.69) is 74.5 Å². The Bertz CT molecular complexity index is 1370. The van der Waals surface area contributed by atoms with Crippen molar-refractivity contribution in [3.63, 3.8) is 0 Å². The maximum atomic E-state index is 5.83. The third-order valence-corrected chi connectivity index (χ3v) is 10.7. The van der Waals surface area contributed by atoms with Crippen molar-refractivity contribution in [3.8, 4) is 0 Å². The van der Waals surface area contributed by atoms with Gasteiger partial charge in [-0.15, -0.1) is 0 Å². The van der Waals surface area contributed by atoms with Crippen molar-refractivity contribution >= 4 is 11.4 Å². The standard InChI is InChI=1S/C48H68N2/c1-39-35-41(23-29-45(39)37-43-25-31-47(49)32-26-43)21-19-17-15-13-11-9-7-5-3-4-6-8-10-12-14-16-18-20-22-42-24-30-46(40(2)36-42)38-44-27-33-48(50)34-28-44/h23-36H,3-22,37-38,49-50H2,1-2H3. The Labute approximate surface area is 306 Å². The molecule has 0 saturated heterocycles. The van der Waals surface area contributed by atoms with Gasteiger partial charge in [0.2, 0.25) is 0 Å². The zero-order valence-electron chi connectivity index (χ0n) is 31.8. The lowest BCUT2D eigenvalue weighted by atomic mass is 9.96. The molecule has 4 N–H and O–H groups in total. The molecule has 2 nitrogen and oxygen atoms in total. The zero-order valence-corrected chi connectivity index (χ0v) is 31.8. The molecule has 0 radical (unpaired) electrons. The second-order valence-electron chi connectivity index (χ2n) is 15.2. The topological polar surface area (TPSA) is 52.0 Å². The van der Waals surface area contributed by atoms with Crippen LogP contribution in [-0.2, 0) is 25.7 Å². The lowest BCUT2D eigenvalue weighted by Gasteiger charge is -2.09.